The highest BCUT2D eigenvalue weighted by atomic mass is 35.5. The number of aromatic nitrogens is 1. The second kappa shape index (κ2) is 9.55. The quantitative estimate of drug-likeness (QED) is 0.755. The van der Waals surface area contributed by atoms with Gasteiger partial charge in [-0.1, -0.05) is 35.0 Å². The lowest BCUT2D eigenvalue weighted by Gasteiger charge is -2.35. The maximum Gasteiger partial charge on any atom is 0.229 e. The molecule has 1 fully saturated rings. The van der Waals surface area contributed by atoms with Crippen molar-refractivity contribution in [3.8, 4) is 0 Å². The van der Waals surface area contributed by atoms with E-state index >= 15 is 0 Å². The number of carbonyl (C=O) groups excluding carboxylic acids is 1. The smallest absolute Gasteiger partial charge is 0.229 e. The summed E-state index contributed by atoms with van der Waals surface area (Å²) in [5.41, 5.74) is 2.51. The molecule has 0 spiro atoms. The van der Waals surface area contributed by atoms with Crippen molar-refractivity contribution in [2.24, 2.45) is 0 Å². The number of amides is 1. The number of aryl methyl sites for hydroxylation is 1. The Bertz CT molecular complexity index is 756. The Kier molecular flexibility index (Phi) is 7.13. The second-order valence-corrected chi connectivity index (χ2v) is 7.26. The number of hydrogen-bond acceptors (Lipinski definition) is 5. The average molecular weight is 412 g/mol. The van der Waals surface area contributed by atoms with Crippen LogP contribution in [0.2, 0.25) is 10.2 Å². The highest BCUT2D eigenvalue weighted by Gasteiger charge is 2.25. The third-order valence-corrected chi connectivity index (χ3v) is 5.42. The minimum absolute atomic E-state index is 0.00691. The summed E-state index contributed by atoms with van der Waals surface area (Å²) in [7, 11) is 0. The Hall–Kier alpha value is -1.60. The van der Waals surface area contributed by atoms with Crippen LogP contribution in [0.15, 0.2) is 28.8 Å². The number of ether oxygens (including phenoxy) is 1. The van der Waals surface area contributed by atoms with E-state index in [1.54, 1.807) is 0 Å². The zero-order valence-corrected chi connectivity index (χ0v) is 16.7. The van der Waals surface area contributed by atoms with Gasteiger partial charge in [0, 0.05) is 36.6 Å². The molecule has 1 N–H and O–H groups in total. The van der Waals surface area contributed by atoms with Gasteiger partial charge in [-0.15, -0.1) is 0 Å². The van der Waals surface area contributed by atoms with Gasteiger partial charge < -0.3 is 14.6 Å². The second-order valence-electron chi connectivity index (χ2n) is 6.51. The van der Waals surface area contributed by atoms with E-state index in [0.29, 0.717) is 37.6 Å². The number of morpholine rings is 1. The van der Waals surface area contributed by atoms with Crippen LogP contribution in [0.3, 0.4) is 0 Å². The summed E-state index contributed by atoms with van der Waals surface area (Å²) in [6.45, 7) is 5.27. The van der Waals surface area contributed by atoms with Crippen LogP contribution in [-0.4, -0.2) is 48.8 Å². The summed E-state index contributed by atoms with van der Waals surface area (Å²) in [6, 6.07) is 7.77. The number of hydrogen-bond donors (Lipinski definition) is 1. The van der Waals surface area contributed by atoms with Crippen molar-refractivity contribution in [3.63, 3.8) is 0 Å². The van der Waals surface area contributed by atoms with E-state index < -0.39 is 0 Å². The van der Waals surface area contributed by atoms with Gasteiger partial charge in [0.2, 0.25) is 11.1 Å². The third kappa shape index (κ3) is 5.23. The van der Waals surface area contributed by atoms with Crippen LogP contribution in [0, 0.1) is 6.92 Å². The standard InChI is InChI=1S/C19H23Cl2N3O3/c1-13-14(19(21)27-23-13)6-7-18(25)22-12-17(24-8-10-26-11-9-24)15-4-2-3-5-16(15)20/h2-5,17H,6-12H2,1H3,(H,22,25). The molecule has 1 aliphatic heterocycles. The number of halogens is 2. The van der Waals surface area contributed by atoms with Gasteiger partial charge in [0.1, 0.15) is 0 Å². The van der Waals surface area contributed by atoms with Gasteiger partial charge in [0.25, 0.3) is 0 Å². The van der Waals surface area contributed by atoms with Crippen molar-refractivity contribution in [1.82, 2.24) is 15.4 Å². The third-order valence-electron chi connectivity index (χ3n) is 4.78. The topological polar surface area (TPSA) is 67.6 Å². The molecule has 3 rings (SSSR count). The van der Waals surface area contributed by atoms with Crippen LogP contribution < -0.4 is 5.32 Å². The summed E-state index contributed by atoms with van der Waals surface area (Å²) >= 11 is 12.4. The molecular formula is C19H23Cl2N3O3. The molecule has 1 saturated heterocycles. The highest BCUT2D eigenvalue weighted by Crippen LogP contribution is 2.28. The minimum atomic E-state index is -0.0445. The van der Waals surface area contributed by atoms with Crippen LogP contribution in [0.5, 0.6) is 0 Å². The normalized spacial score (nSPS) is 16.3. The number of rotatable bonds is 7. The summed E-state index contributed by atoms with van der Waals surface area (Å²) in [5.74, 6) is -0.0445. The number of carbonyl (C=O) groups is 1. The zero-order chi connectivity index (χ0) is 19.2. The van der Waals surface area contributed by atoms with Gasteiger partial charge >= 0.3 is 0 Å². The Morgan fingerprint density at radius 3 is 2.70 bits per heavy atom. The molecule has 8 heteroatoms. The van der Waals surface area contributed by atoms with Crippen LogP contribution in [0.1, 0.15) is 29.3 Å². The van der Waals surface area contributed by atoms with E-state index in [4.69, 9.17) is 32.5 Å². The fourth-order valence-corrected chi connectivity index (χ4v) is 3.78. The van der Waals surface area contributed by atoms with Crippen molar-refractivity contribution in [2.45, 2.75) is 25.8 Å². The van der Waals surface area contributed by atoms with Gasteiger partial charge in [0.05, 0.1) is 24.9 Å². The van der Waals surface area contributed by atoms with Gasteiger partial charge in [0.15, 0.2) is 0 Å². The lowest BCUT2D eigenvalue weighted by Crippen LogP contribution is -2.44. The Morgan fingerprint density at radius 1 is 1.30 bits per heavy atom. The van der Waals surface area contributed by atoms with E-state index in [2.05, 4.69) is 15.4 Å². The van der Waals surface area contributed by atoms with Crippen molar-refractivity contribution in [2.75, 3.05) is 32.8 Å². The fraction of sp³-hybridized carbons (Fsp3) is 0.474. The lowest BCUT2D eigenvalue weighted by molar-refractivity contribution is -0.121. The predicted octanol–water partition coefficient (Wildman–Crippen LogP) is 3.41. The van der Waals surface area contributed by atoms with Crippen molar-refractivity contribution in [1.29, 1.82) is 0 Å². The largest absolute Gasteiger partial charge is 0.379 e. The van der Waals surface area contributed by atoms with Crippen LogP contribution in [0.4, 0.5) is 0 Å². The van der Waals surface area contributed by atoms with Crippen LogP contribution in [0.25, 0.3) is 0 Å². The van der Waals surface area contributed by atoms with E-state index in [9.17, 15) is 4.79 Å². The van der Waals surface area contributed by atoms with Gasteiger partial charge in [-0.05, 0) is 36.6 Å². The molecule has 1 atom stereocenters. The lowest BCUT2D eigenvalue weighted by atomic mass is 10.0. The van der Waals surface area contributed by atoms with E-state index in [1.807, 2.05) is 31.2 Å². The zero-order valence-electron chi connectivity index (χ0n) is 15.2. The number of nitrogens with one attached hydrogen (secondary N) is 1. The van der Waals surface area contributed by atoms with Crippen molar-refractivity contribution in [3.05, 3.63) is 51.3 Å². The van der Waals surface area contributed by atoms with Gasteiger partial charge in [-0.25, -0.2) is 0 Å². The van der Waals surface area contributed by atoms with Crippen molar-refractivity contribution >= 4 is 29.1 Å². The molecule has 0 aliphatic carbocycles. The van der Waals surface area contributed by atoms with E-state index in [0.717, 1.165) is 29.9 Å². The summed E-state index contributed by atoms with van der Waals surface area (Å²) in [4.78, 5) is 14.7. The van der Waals surface area contributed by atoms with Gasteiger partial charge in [-0.3, -0.25) is 9.69 Å². The molecule has 6 nitrogen and oxygen atoms in total. The maximum atomic E-state index is 12.4. The summed E-state index contributed by atoms with van der Waals surface area (Å²) < 4.78 is 10.4. The first-order valence-corrected chi connectivity index (χ1v) is 9.75. The molecule has 1 unspecified atom stereocenters. The average Bonchev–Trinajstić information content (AvgIpc) is 3.00. The first-order chi connectivity index (χ1) is 13.1. The van der Waals surface area contributed by atoms with Crippen molar-refractivity contribution < 1.29 is 14.1 Å². The first-order valence-electron chi connectivity index (χ1n) is 9.00. The predicted molar refractivity (Wildman–Crippen MR) is 104 cm³/mol. The molecule has 1 aromatic carbocycles. The highest BCUT2D eigenvalue weighted by molar-refractivity contribution is 6.31. The minimum Gasteiger partial charge on any atom is -0.379 e. The summed E-state index contributed by atoms with van der Waals surface area (Å²) in [6.07, 6.45) is 0.814. The first kappa shape index (κ1) is 20.1. The molecule has 0 saturated carbocycles. The Labute approximate surface area is 168 Å². The van der Waals surface area contributed by atoms with Gasteiger partial charge in [-0.2, -0.15) is 0 Å². The molecule has 1 aliphatic rings. The van der Waals surface area contributed by atoms with E-state index in [1.165, 1.54) is 0 Å². The summed E-state index contributed by atoms with van der Waals surface area (Å²) in [5, 5.41) is 7.80. The molecule has 0 bridgehead atoms. The molecule has 1 amide bonds. The Morgan fingerprint density at radius 2 is 2.04 bits per heavy atom. The molecule has 1 aromatic heterocycles. The molecule has 146 valence electrons. The van der Waals surface area contributed by atoms with Crippen LogP contribution >= 0.6 is 23.2 Å². The molecule has 0 radical (unpaired) electrons. The molecular weight excluding hydrogens is 389 g/mol. The maximum absolute atomic E-state index is 12.4. The van der Waals surface area contributed by atoms with Crippen LogP contribution in [-0.2, 0) is 16.0 Å². The number of benzene rings is 1. The SMILES string of the molecule is Cc1noc(Cl)c1CCC(=O)NCC(c1ccccc1Cl)N1CCOCC1. The molecule has 27 heavy (non-hydrogen) atoms. The van der Waals surface area contributed by atoms with E-state index in [-0.39, 0.29) is 17.2 Å². The number of nitrogens with zero attached hydrogens (tertiary/aromatic N) is 2. The fourth-order valence-electron chi connectivity index (χ4n) is 3.25. The molecule has 2 heterocycles. The molecule has 2 aromatic rings. The monoisotopic (exact) mass is 411 g/mol. The Balaban J connectivity index is 1.62.